The Bertz CT molecular complexity index is 910. The molecule has 3 aromatic heterocycles. The van der Waals surface area contributed by atoms with Crippen molar-refractivity contribution in [2.24, 2.45) is 0 Å². The van der Waals surface area contributed by atoms with Crippen molar-refractivity contribution in [1.29, 1.82) is 0 Å². The zero-order chi connectivity index (χ0) is 14.2. The summed E-state index contributed by atoms with van der Waals surface area (Å²) in [5.74, 6) is 0.880. The quantitative estimate of drug-likeness (QED) is 0.604. The lowest BCUT2D eigenvalue weighted by Crippen LogP contribution is -1.90. The maximum atomic E-state index is 5.95. The fourth-order valence-corrected chi connectivity index (χ4v) is 2.40. The van der Waals surface area contributed by atoms with Gasteiger partial charge in [-0.1, -0.05) is 29.4 Å². The number of nitrogen functional groups attached to an aromatic ring is 1. The largest absolute Gasteiger partial charge is 0.464 e. The molecule has 21 heavy (non-hydrogen) atoms. The maximum Gasteiger partial charge on any atom is 0.182 e. The fourth-order valence-electron chi connectivity index (χ4n) is 2.40. The number of nitrogens with zero attached hydrogens (tertiary/aromatic N) is 2. The molecule has 2 N–H and O–H groups in total. The van der Waals surface area contributed by atoms with E-state index in [2.05, 4.69) is 10.1 Å². The van der Waals surface area contributed by atoms with Crippen molar-refractivity contribution in [3.05, 3.63) is 54.9 Å². The number of anilines is 1. The Morgan fingerprint density at radius 2 is 1.86 bits per heavy atom. The summed E-state index contributed by atoms with van der Waals surface area (Å²) < 4.78 is 11.0. The van der Waals surface area contributed by atoms with Gasteiger partial charge >= 0.3 is 0 Å². The van der Waals surface area contributed by atoms with Gasteiger partial charge in [-0.2, -0.15) is 0 Å². The number of aromatic nitrogens is 2. The second-order valence-electron chi connectivity index (χ2n) is 4.63. The van der Waals surface area contributed by atoms with Gasteiger partial charge in [0, 0.05) is 11.6 Å². The van der Waals surface area contributed by atoms with Gasteiger partial charge in [0.15, 0.2) is 11.6 Å². The van der Waals surface area contributed by atoms with E-state index in [0.717, 1.165) is 22.2 Å². The van der Waals surface area contributed by atoms with Crippen molar-refractivity contribution in [2.75, 3.05) is 5.73 Å². The van der Waals surface area contributed by atoms with Gasteiger partial charge < -0.3 is 14.7 Å². The van der Waals surface area contributed by atoms with Gasteiger partial charge in [0.05, 0.1) is 16.8 Å². The van der Waals surface area contributed by atoms with E-state index in [1.165, 1.54) is 0 Å². The van der Waals surface area contributed by atoms with E-state index >= 15 is 0 Å². The molecule has 0 aliphatic carbocycles. The molecule has 102 valence electrons. The van der Waals surface area contributed by atoms with Crippen LogP contribution in [0.3, 0.4) is 0 Å². The first-order chi connectivity index (χ1) is 10.3. The number of furan rings is 1. The van der Waals surface area contributed by atoms with Crippen LogP contribution in [0.5, 0.6) is 0 Å². The molecule has 4 rings (SSSR count). The van der Waals surface area contributed by atoms with Crippen molar-refractivity contribution in [2.45, 2.75) is 0 Å². The van der Waals surface area contributed by atoms with Crippen LogP contribution in [0.25, 0.3) is 33.6 Å². The Morgan fingerprint density at radius 3 is 2.71 bits per heavy atom. The Labute approximate surface area is 120 Å². The van der Waals surface area contributed by atoms with Crippen LogP contribution in [0.2, 0.25) is 0 Å². The molecule has 1 aromatic carbocycles. The second-order valence-corrected chi connectivity index (χ2v) is 4.63. The van der Waals surface area contributed by atoms with Crippen LogP contribution in [0.4, 0.5) is 5.82 Å². The van der Waals surface area contributed by atoms with Gasteiger partial charge in [-0.05, 0) is 18.2 Å². The summed E-state index contributed by atoms with van der Waals surface area (Å²) in [4.78, 5) is 4.32. The average Bonchev–Trinajstić information content (AvgIpc) is 3.11. The van der Waals surface area contributed by atoms with E-state index in [1.807, 2.05) is 42.5 Å². The summed E-state index contributed by atoms with van der Waals surface area (Å²) >= 11 is 0. The Morgan fingerprint density at radius 1 is 1.00 bits per heavy atom. The lowest BCUT2D eigenvalue weighted by atomic mass is 10.0. The van der Waals surface area contributed by atoms with Crippen LogP contribution in [-0.2, 0) is 0 Å². The minimum atomic E-state index is 0.314. The highest BCUT2D eigenvalue weighted by Gasteiger charge is 2.21. The Kier molecular flexibility index (Phi) is 2.50. The lowest BCUT2D eigenvalue weighted by molar-refractivity contribution is 0.435. The van der Waals surface area contributed by atoms with Gasteiger partial charge in [0.25, 0.3) is 0 Å². The van der Waals surface area contributed by atoms with Gasteiger partial charge in [-0.15, -0.1) is 0 Å². The van der Waals surface area contributed by atoms with Crippen LogP contribution >= 0.6 is 0 Å². The van der Waals surface area contributed by atoms with Crippen LogP contribution in [0, 0.1) is 0 Å². The van der Waals surface area contributed by atoms with E-state index in [4.69, 9.17) is 14.7 Å². The number of pyridine rings is 1. The van der Waals surface area contributed by atoms with Crippen molar-refractivity contribution < 1.29 is 8.94 Å². The third kappa shape index (κ3) is 1.79. The molecule has 5 heteroatoms. The molecular formula is C16H11N3O2. The number of hydrogen-bond acceptors (Lipinski definition) is 5. The van der Waals surface area contributed by atoms with Gasteiger partial charge in [-0.25, -0.2) is 0 Å². The van der Waals surface area contributed by atoms with Gasteiger partial charge in [0.1, 0.15) is 11.8 Å². The lowest BCUT2D eigenvalue weighted by Gasteiger charge is -2.00. The van der Waals surface area contributed by atoms with E-state index in [9.17, 15) is 0 Å². The van der Waals surface area contributed by atoms with Crippen molar-refractivity contribution in [3.63, 3.8) is 0 Å². The molecule has 0 radical (unpaired) electrons. The summed E-state index contributed by atoms with van der Waals surface area (Å²) in [6.07, 6.45) is 3.36. The molecule has 0 atom stereocenters. The molecule has 4 aromatic rings. The Hall–Kier alpha value is -3.08. The maximum absolute atomic E-state index is 5.95. The molecule has 0 saturated heterocycles. The number of para-hydroxylation sites is 1. The number of nitrogens with two attached hydrogens (primary N) is 1. The summed E-state index contributed by atoms with van der Waals surface area (Å²) in [7, 11) is 0. The minimum absolute atomic E-state index is 0.314. The molecule has 5 nitrogen and oxygen atoms in total. The number of hydrogen-bond donors (Lipinski definition) is 1. The average molecular weight is 277 g/mol. The van der Waals surface area contributed by atoms with E-state index in [1.54, 1.807) is 12.5 Å². The minimum Gasteiger partial charge on any atom is -0.464 e. The topological polar surface area (TPSA) is 78.1 Å². The van der Waals surface area contributed by atoms with Crippen LogP contribution in [0.1, 0.15) is 0 Å². The molecule has 0 aliphatic heterocycles. The molecule has 0 fully saturated rings. The van der Waals surface area contributed by atoms with Crippen LogP contribution in [-0.4, -0.2) is 10.1 Å². The predicted octanol–water partition coefficient (Wildman–Crippen LogP) is 3.73. The fraction of sp³-hybridized carbons (Fsp3) is 0. The first kappa shape index (κ1) is 11.7. The zero-order valence-corrected chi connectivity index (χ0v) is 11.0. The van der Waals surface area contributed by atoms with Gasteiger partial charge in [-0.3, -0.25) is 4.98 Å². The molecule has 0 spiro atoms. The number of benzene rings is 1. The van der Waals surface area contributed by atoms with Gasteiger partial charge in [0.2, 0.25) is 0 Å². The third-order valence-electron chi connectivity index (χ3n) is 3.37. The standard InChI is InChI=1S/C16H11N3O2/c17-16-14(12-6-3-4-8-18-12)15(21-19-16)11-9-20-13-7-2-1-5-10(11)13/h1-9H,(H2,17,19). The van der Waals surface area contributed by atoms with E-state index < -0.39 is 0 Å². The summed E-state index contributed by atoms with van der Waals surface area (Å²) in [5.41, 5.74) is 8.95. The highest BCUT2D eigenvalue weighted by atomic mass is 16.5. The first-order valence-electron chi connectivity index (χ1n) is 6.48. The highest BCUT2D eigenvalue weighted by Crippen LogP contribution is 2.39. The summed E-state index contributed by atoms with van der Waals surface area (Å²) in [5, 5.41) is 4.83. The van der Waals surface area contributed by atoms with Crippen LogP contribution in [0.15, 0.2) is 63.9 Å². The molecule has 0 bridgehead atoms. The molecule has 0 aliphatic rings. The van der Waals surface area contributed by atoms with E-state index in [0.29, 0.717) is 17.1 Å². The number of rotatable bonds is 2. The van der Waals surface area contributed by atoms with Crippen molar-refractivity contribution >= 4 is 16.8 Å². The normalized spacial score (nSPS) is 11.0. The van der Waals surface area contributed by atoms with Crippen molar-refractivity contribution in [1.82, 2.24) is 10.1 Å². The van der Waals surface area contributed by atoms with Crippen molar-refractivity contribution in [3.8, 4) is 22.6 Å². The molecule has 0 amide bonds. The SMILES string of the molecule is Nc1noc(-c2coc3ccccc23)c1-c1ccccn1. The second kappa shape index (κ2) is 4.49. The molecule has 3 heterocycles. The molecule has 0 saturated carbocycles. The Balaban J connectivity index is 1.98. The zero-order valence-electron chi connectivity index (χ0n) is 11.0. The number of fused-ring (bicyclic) bond motifs is 1. The summed E-state index contributed by atoms with van der Waals surface area (Å²) in [6.45, 7) is 0. The first-order valence-corrected chi connectivity index (χ1v) is 6.48. The third-order valence-corrected chi connectivity index (χ3v) is 3.37. The summed E-state index contributed by atoms with van der Waals surface area (Å²) in [6, 6.07) is 13.3. The van der Waals surface area contributed by atoms with Crippen LogP contribution < -0.4 is 5.73 Å². The molecule has 0 unspecified atom stereocenters. The monoisotopic (exact) mass is 277 g/mol. The molecular weight excluding hydrogens is 266 g/mol. The smallest absolute Gasteiger partial charge is 0.182 e. The van der Waals surface area contributed by atoms with E-state index in [-0.39, 0.29) is 0 Å². The highest BCUT2D eigenvalue weighted by molar-refractivity contribution is 5.97. The predicted molar refractivity (Wildman–Crippen MR) is 79.4 cm³/mol.